The Hall–Kier alpha value is -3.41. The zero-order valence-electron chi connectivity index (χ0n) is 12.0. The van der Waals surface area contributed by atoms with E-state index in [9.17, 15) is 14.9 Å². The highest BCUT2D eigenvalue weighted by Crippen LogP contribution is 2.28. The molecule has 0 fully saturated rings. The normalized spacial score (nSPS) is 10.3. The lowest BCUT2D eigenvalue weighted by molar-refractivity contribution is -0.384. The quantitative estimate of drug-likeness (QED) is 0.568. The van der Waals surface area contributed by atoms with Gasteiger partial charge in [0.05, 0.1) is 21.7 Å². The summed E-state index contributed by atoms with van der Waals surface area (Å²) in [4.78, 5) is 25.4. The maximum Gasteiger partial charge on any atom is 0.277 e. The molecule has 23 heavy (non-hydrogen) atoms. The molecule has 2 N–H and O–H groups in total. The van der Waals surface area contributed by atoms with Gasteiger partial charge in [-0.3, -0.25) is 14.9 Å². The van der Waals surface area contributed by atoms with E-state index in [0.29, 0.717) is 5.69 Å². The third-order valence-corrected chi connectivity index (χ3v) is 3.36. The number of anilines is 2. The second kappa shape index (κ2) is 6.15. The number of H-pyrrole nitrogens is 1. The molecule has 0 aliphatic carbocycles. The number of nitrogens with zero attached hydrogens (tertiary/aromatic N) is 1. The Morgan fingerprint density at radius 3 is 2.35 bits per heavy atom. The van der Waals surface area contributed by atoms with E-state index in [1.807, 2.05) is 30.3 Å². The van der Waals surface area contributed by atoms with Crippen molar-refractivity contribution < 1.29 is 4.92 Å². The van der Waals surface area contributed by atoms with Crippen LogP contribution >= 0.6 is 0 Å². The van der Waals surface area contributed by atoms with Crippen molar-refractivity contribution in [1.82, 2.24) is 4.98 Å². The summed E-state index contributed by atoms with van der Waals surface area (Å²) in [6, 6.07) is 17.2. The van der Waals surface area contributed by atoms with Gasteiger partial charge in [-0.05, 0) is 24.3 Å². The van der Waals surface area contributed by atoms with Crippen molar-refractivity contribution in [3.8, 4) is 11.1 Å². The largest absolute Gasteiger partial charge is 0.354 e. The minimum absolute atomic E-state index is 0.102. The van der Waals surface area contributed by atoms with E-state index in [4.69, 9.17) is 0 Å². The van der Waals surface area contributed by atoms with E-state index >= 15 is 0 Å². The van der Waals surface area contributed by atoms with Crippen LogP contribution in [0.15, 0.2) is 71.7 Å². The first kappa shape index (κ1) is 14.5. The molecule has 6 heteroatoms. The Balaban J connectivity index is 2.05. The lowest BCUT2D eigenvalue weighted by atomic mass is 10.1. The summed E-state index contributed by atoms with van der Waals surface area (Å²) >= 11 is 0. The summed E-state index contributed by atoms with van der Waals surface area (Å²) in [5.74, 6) is 0. The molecule has 6 nitrogen and oxygen atoms in total. The lowest BCUT2D eigenvalue weighted by Crippen LogP contribution is -2.10. The molecule has 0 saturated heterocycles. The summed E-state index contributed by atoms with van der Waals surface area (Å²) in [5, 5.41) is 14.3. The zero-order chi connectivity index (χ0) is 16.2. The van der Waals surface area contributed by atoms with Gasteiger partial charge in [0.15, 0.2) is 0 Å². The number of nitro benzene ring substituents is 1. The van der Waals surface area contributed by atoms with Gasteiger partial charge >= 0.3 is 0 Å². The number of aromatic amines is 1. The van der Waals surface area contributed by atoms with E-state index in [1.165, 1.54) is 12.3 Å². The van der Waals surface area contributed by atoms with Gasteiger partial charge in [0.2, 0.25) is 0 Å². The molecule has 0 aliphatic heterocycles. The van der Waals surface area contributed by atoms with Crippen molar-refractivity contribution in [2.45, 2.75) is 0 Å². The number of hydrogen-bond acceptors (Lipinski definition) is 4. The average Bonchev–Trinajstić information content (AvgIpc) is 2.57. The van der Waals surface area contributed by atoms with Crippen molar-refractivity contribution in [2.24, 2.45) is 0 Å². The molecule has 0 aliphatic rings. The summed E-state index contributed by atoms with van der Waals surface area (Å²) in [5.41, 5.74) is 1.55. The van der Waals surface area contributed by atoms with Gasteiger partial charge in [0.25, 0.3) is 11.2 Å². The molecule has 0 spiro atoms. The van der Waals surface area contributed by atoms with Gasteiger partial charge in [-0.2, -0.15) is 0 Å². The number of pyridine rings is 1. The van der Waals surface area contributed by atoms with Crippen molar-refractivity contribution in [3.63, 3.8) is 0 Å². The van der Waals surface area contributed by atoms with Crippen LogP contribution in [0.2, 0.25) is 0 Å². The van der Waals surface area contributed by atoms with Gasteiger partial charge in [0.1, 0.15) is 0 Å². The number of nitro groups is 1. The molecule has 2 aromatic carbocycles. The van der Waals surface area contributed by atoms with Crippen molar-refractivity contribution in [3.05, 3.63) is 87.3 Å². The summed E-state index contributed by atoms with van der Waals surface area (Å²) < 4.78 is 0. The van der Waals surface area contributed by atoms with Gasteiger partial charge < -0.3 is 10.3 Å². The number of hydrogen-bond donors (Lipinski definition) is 2. The van der Waals surface area contributed by atoms with E-state index in [1.54, 1.807) is 24.3 Å². The van der Waals surface area contributed by atoms with Gasteiger partial charge in [-0.1, -0.05) is 30.3 Å². The third kappa shape index (κ3) is 3.11. The first-order valence-corrected chi connectivity index (χ1v) is 6.94. The Morgan fingerprint density at radius 1 is 0.913 bits per heavy atom. The molecular weight excluding hydrogens is 294 g/mol. The van der Waals surface area contributed by atoms with E-state index in [0.717, 1.165) is 5.69 Å². The molecule has 3 rings (SSSR count). The van der Waals surface area contributed by atoms with Gasteiger partial charge in [-0.25, -0.2) is 0 Å². The van der Waals surface area contributed by atoms with Gasteiger partial charge in [0, 0.05) is 18.0 Å². The molecule has 0 atom stereocenters. The van der Waals surface area contributed by atoms with Crippen LogP contribution in [0.3, 0.4) is 0 Å². The smallest absolute Gasteiger partial charge is 0.277 e. The SMILES string of the molecule is O=c1[nH]cc(Nc2ccccc2)cc1-c1ccccc1[N+](=O)[O-]. The first-order chi connectivity index (χ1) is 11.1. The highest BCUT2D eigenvalue weighted by Gasteiger charge is 2.17. The van der Waals surface area contributed by atoms with Crippen LogP contribution in [0.4, 0.5) is 17.1 Å². The highest BCUT2D eigenvalue weighted by atomic mass is 16.6. The molecule has 1 heterocycles. The highest BCUT2D eigenvalue weighted by molar-refractivity contribution is 5.76. The minimum atomic E-state index is -0.494. The molecule has 1 aromatic heterocycles. The number of rotatable bonds is 4. The molecule has 0 saturated carbocycles. The number of benzene rings is 2. The van der Waals surface area contributed by atoms with Crippen molar-refractivity contribution in [2.75, 3.05) is 5.32 Å². The molecular formula is C17H13N3O3. The summed E-state index contributed by atoms with van der Waals surface area (Å²) in [7, 11) is 0. The van der Waals surface area contributed by atoms with Crippen LogP contribution in [-0.4, -0.2) is 9.91 Å². The Morgan fingerprint density at radius 2 is 1.61 bits per heavy atom. The lowest BCUT2D eigenvalue weighted by Gasteiger charge is -2.08. The monoisotopic (exact) mass is 307 g/mol. The molecule has 0 amide bonds. The Labute approximate surface area is 131 Å². The van der Waals surface area contributed by atoms with E-state index in [-0.39, 0.29) is 22.4 Å². The maximum absolute atomic E-state index is 12.1. The van der Waals surface area contributed by atoms with Crippen LogP contribution < -0.4 is 10.9 Å². The fourth-order valence-electron chi connectivity index (χ4n) is 2.30. The topological polar surface area (TPSA) is 88.0 Å². The van der Waals surface area contributed by atoms with Gasteiger partial charge in [-0.15, -0.1) is 0 Å². The van der Waals surface area contributed by atoms with Crippen LogP contribution in [0, 0.1) is 10.1 Å². The Kier molecular flexibility index (Phi) is 3.88. The second-order valence-electron chi connectivity index (χ2n) is 4.90. The predicted octanol–water partition coefficient (Wildman–Crippen LogP) is 3.69. The van der Waals surface area contributed by atoms with Crippen molar-refractivity contribution >= 4 is 17.1 Å². The van der Waals surface area contributed by atoms with Crippen LogP contribution in [0.1, 0.15) is 0 Å². The number of aromatic nitrogens is 1. The maximum atomic E-state index is 12.1. The van der Waals surface area contributed by atoms with Crippen LogP contribution in [-0.2, 0) is 0 Å². The molecule has 0 radical (unpaired) electrons. The fourth-order valence-corrected chi connectivity index (χ4v) is 2.30. The van der Waals surface area contributed by atoms with E-state index in [2.05, 4.69) is 10.3 Å². The van der Waals surface area contributed by atoms with Crippen molar-refractivity contribution in [1.29, 1.82) is 0 Å². The zero-order valence-corrected chi connectivity index (χ0v) is 12.0. The molecule has 0 unspecified atom stereocenters. The first-order valence-electron chi connectivity index (χ1n) is 6.94. The van der Waals surface area contributed by atoms with Crippen LogP contribution in [0.5, 0.6) is 0 Å². The summed E-state index contributed by atoms with van der Waals surface area (Å²) in [6.07, 6.45) is 1.54. The molecule has 0 bridgehead atoms. The molecule has 114 valence electrons. The fraction of sp³-hybridized carbons (Fsp3) is 0. The van der Waals surface area contributed by atoms with E-state index < -0.39 is 4.92 Å². The molecule has 3 aromatic rings. The number of para-hydroxylation sites is 2. The second-order valence-corrected chi connectivity index (χ2v) is 4.90. The predicted molar refractivity (Wildman–Crippen MR) is 88.9 cm³/mol. The number of nitrogens with one attached hydrogen (secondary N) is 2. The minimum Gasteiger partial charge on any atom is -0.354 e. The third-order valence-electron chi connectivity index (χ3n) is 3.36. The average molecular weight is 307 g/mol. The standard InChI is InChI=1S/C17H13N3O3/c21-17-15(14-8-4-5-9-16(14)20(22)23)10-13(11-18-17)19-12-6-2-1-3-7-12/h1-11,19H,(H,18,21). The summed E-state index contributed by atoms with van der Waals surface area (Å²) in [6.45, 7) is 0. The Bertz CT molecular complexity index is 904. The van der Waals surface area contributed by atoms with Crippen LogP contribution in [0.25, 0.3) is 11.1 Å².